The van der Waals surface area contributed by atoms with Gasteiger partial charge in [-0.3, -0.25) is 9.20 Å². The van der Waals surface area contributed by atoms with Gasteiger partial charge in [-0.1, -0.05) is 29.8 Å². The van der Waals surface area contributed by atoms with Crippen molar-refractivity contribution in [3.8, 4) is 10.4 Å². The number of aromatic nitrogens is 3. The molecule has 0 saturated heterocycles. The van der Waals surface area contributed by atoms with E-state index in [1.807, 2.05) is 71.3 Å². The van der Waals surface area contributed by atoms with Gasteiger partial charge in [0.2, 0.25) is 5.91 Å². The van der Waals surface area contributed by atoms with Crippen molar-refractivity contribution >= 4 is 52.3 Å². The molecule has 1 atom stereocenters. The number of nitrogens with one attached hydrogen (secondary N) is 1. The first-order valence-corrected chi connectivity index (χ1v) is 12.4. The topological polar surface area (TPSA) is 59.3 Å². The molecule has 0 saturated carbocycles. The Kier molecular flexibility index (Phi) is 7.06. The van der Waals surface area contributed by atoms with Gasteiger partial charge < -0.3 is 5.32 Å². The molecule has 0 spiro atoms. The molecule has 4 aromatic rings. The molecule has 0 fully saturated rings. The summed E-state index contributed by atoms with van der Waals surface area (Å²) in [6, 6.07) is 17.3. The molecule has 1 unspecified atom stereocenters. The second-order valence-corrected chi connectivity index (χ2v) is 9.41. The highest BCUT2D eigenvalue weighted by Crippen LogP contribution is 2.30. The van der Waals surface area contributed by atoms with E-state index in [-0.39, 0.29) is 11.9 Å². The number of nitrogens with zero attached hydrogens (tertiary/aromatic N) is 3. The third-order valence-electron chi connectivity index (χ3n) is 4.71. The highest BCUT2D eigenvalue weighted by molar-refractivity contribution is 7.98. The zero-order valence-corrected chi connectivity index (χ0v) is 19.3. The summed E-state index contributed by atoms with van der Waals surface area (Å²) in [6.45, 7) is 0. The number of rotatable bonds is 8. The van der Waals surface area contributed by atoms with Gasteiger partial charge in [-0.05, 0) is 66.5 Å². The van der Waals surface area contributed by atoms with E-state index < -0.39 is 0 Å². The lowest BCUT2D eigenvalue weighted by Crippen LogP contribution is -2.29. The summed E-state index contributed by atoms with van der Waals surface area (Å²) >= 11 is 9.44. The minimum atomic E-state index is -0.215. The Morgan fingerprint density at radius 2 is 2.13 bits per heavy atom. The summed E-state index contributed by atoms with van der Waals surface area (Å²) in [4.78, 5) is 14.8. The molecule has 0 aliphatic rings. The number of thiophene rings is 1. The van der Waals surface area contributed by atoms with Crippen LogP contribution in [-0.4, -0.2) is 32.5 Å². The summed E-state index contributed by atoms with van der Waals surface area (Å²) in [6.07, 6.45) is 8.15. The predicted octanol–water partition coefficient (Wildman–Crippen LogP) is 5.74. The van der Waals surface area contributed by atoms with E-state index in [1.165, 1.54) is 0 Å². The fraction of sp³-hybridized carbons (Fsp3) is 0.174. The first kappa shape index (κ1) is 21.6. The third-order valence-corrected chi connectivity index (χ3v) is 6.69. The normalized spacial score (nSPS) is 12.5. The second kappa shape index (κ2) is 10.1. The van der Waals surface area contributed by atoms with Gasteiger partial charge in [-0.2, -0.15) is 11.8 Å². The third kappa shape index (κ3) is 5.36. The molecule has 31 heavy (non-hydrogen) atoms. The van der Waals surface area contributed by atoms with Crippen LogP contribution in [0, 0.1) is 0 Å². The smallest absolute Gasteiger partial charge is 0.244 e. The SMILES string of the molecule is CSCCC(NC(=O)/C=C/c1ccc(-c2cccc(Cl)c2)s1)c1nnc2ccccn12. The number of benzene rings is 1. The minimum Gasteiger partial charge on any atom is -0.342 e. The summed E-state index contributed by atoms with van der Waals surface area (Å²) < 4.78 is 1.92. The van der Waals surface area contributed by atoms with Crippen LogP contribution in [0.5, 0.6) is 0 Å². The molecule has 0 radical (unpaired) electrons. The van der Waals surface area contributed by atoms with Gasteiger partial charge in [-0.15, -0.1) is 21.5 Å². The lowest BCUT2D eigenvalue weighted by Gasteiger charge is -2.15. The van der Waals surface area contributed by atoms with Crippen LogP contribution in [0.25, 0.3) is 22.2 Å². The van der Waals surface area contributed by atoms with E-state index in [2.05, 4.69) is 21.8 Å². The van der Waals surface area contributed by atoms with Crippen molar-refractivity contribution in [3.63, 3.8) is 0 Å². The fourth-order valence-corrected chi connectivity index (χ4v) is 4.78. The van der Waals surface area contributed by atoms with Gasteiger partial charge in [0.15, 0.2) is 11.5 Å². The summed E-state index contributed by atoms with van der Waals surface area (Å²) in [7, 11) is 0. The molecule has 3 heterocycles. The van der Waals surface area contributed by atoms with Crippen LogP contribution in [-0.2, 0) is 4.79 Å². The molecule has 4 rings (SSSR count). The molecule has 1 N–H and O–H groups in total. The molecule has 0 bridgehead atoms. The van der Waals surface area contributed by atoms with E-state index >= 15 is 0 Å². The molecular formula is C23H21ClN4OS2. The number of amides is 1. The van der Waals surface area contributed by atoms with Crippen LogP contribution in [0.15, 0.2) is 66.9 Å². The average molecular weight is 469 g/mol. The van der Waals surface area contributed by atoms with Crippen LogP contribution in [0.1, 0.15) is 23.2 Å². The minimum absolute atomic E-state index is 0.156. The highest BCUT2D eigenvalue weighted by atomic mass is 35.5. The van der Waals surface area contributed by atoms with Gasteiger partial charge >= 0.3 is 0 Å². The largest absolute Gasteiger partial charge is 0.342 e. The van der Waals surface area contributed by atoms with Crippen LogP contribution in [0.4, 0.5) is 0 Å². The number of thioether (sulfide) groups is 1. The van der Waals surface area contributed by atoms with Crippen molar-refractivity contribution in [2.75, 3.05) is 12.0 Å². The van der Waals surface area contributed by atoms with E-state index in [4.69, 9.17) is 11.6 Å². The van der Waals surface area contributed by atoms with E-state index in [0.29, 0.717) is 5.02 Å². The van der Waals surface area contributed by atoms with Crippen molar-refractivity contribution in [3.05, 3.63) is 82.6 Å². The van der Waals surface area contributed by atoms with Crippen LogP contribution in [0.3, 0.4) is 0 Å². The molecule has 0 aliphatic carbocycles. The van der Waals surface area contributed by atoms with Crippen molar-refractivity contribution in [1.29, 1.82) is 0 Å². The zero-order chi connectivity index (χ0) is 21.6. The number of pyridine rings is 1. The summed E-state index contributed by atoms with van der Waals surface area (Å²) in [5, 5.41) is 12.3. The molecule has 1 aromatic carbocycles. The monoisotopic (exact) mass is 468 g/mol. The second-order valence-electron chi connectivity index (χ2n) is 6.88. The Morgan fingerprint density at radius 3 is 2.97 bits per heavy atom. The summed E-state index contributed by atoms with van der Waals surface area (Å²) in [5.74, 6) is 1.49. The molecule has 158 valence electrons. The van der Waals surface area contributed by atoms with E-state index in [0.717, 1.165) is 39.0 Å². The number of fused-ring (bicyclic) bond motifs is 1. The molecule has 1 amide bonds. The first-order chi connectivity index (χ1) is 15.1. The molecule has 8 heteroatoms. The van der Waals surface area contributed by atoms with Crippen molar-refractivity contribution in [2.24, 2.45) is 0 Å². The van der Waals surface area contributed by atoms with Gasteiger partial charge in [0.1, 0.15) is 0 Å². The number of hydrogen-bond acceptors (Lipinski definition) is 5. The van der Waals surface area contributed by atoms with Crippen LogP contribution in [0.2, 0.25) is 5.02 Å². The highest BCUT2D eigenvalue weighted by Gasteiger charge is 2.19. The van der Waals surface area contributed by atoms with Gasteiger partial charge in [-0.25, -0.2) is 0 Å². The average Bonchev–Trinajstić information content (AvgIpc) is 3.42. The van der Waals surface area contributed by atoms with Crippen molar-refractivity contribution < 1.29 is 4.79 Å². The Bertz CT molecular complexity index is 1220. The van der Waals surface area contributed by atoms with Gasteiger partial charge in [0.05, 0.1) is 6.04 Å². The van der Waals surface area contributed by atoms with Crippen LogP contribution < -0.4 is 5.32 Å². The maximum absolute atomic E-state index is 12.7. The number of halogens is 1. The molecule has 0 aliphatic heterocycles. The van der Waals surface area contributed by atoms with Crippen LogP contribution >= 0.6 is 34.7 Å². The zero-order valence-electron chi connectivity index (χ0n) is 16.9. The Balaban J connectivity index is 1.47. The quantitative estimate of drug-likeness (QED) is 0.335. The molecule has 3 aromatic heterocycles. The number of carbonyl (C=O) groups is 1. The molecule has 5 nitrogen and oxygen atoms in total. The Labute approximate surface area is 194 Å². The lowest BCUT2D eigenvalue weighted by molar-refractivity contribution is -0.117. The number of hydrogen-bond donors (Lipinski definition) is 1. The van der Waals surface area contributed by atoms with Crippen molar-refractivity contribution in [1.82, 2.24) is 19.9 Å². The van der Waals surface area contributed by atoms with Gasteiger partial charge in [0.25, 0.3) is 0 Å². The van der Waals surface area contributed by atoms with Crippen molar-refractivity contribution in [2.45, 2.75) is 12.5 Å². The van der Waals surface area contributed by atoms with E-state index in [1.54, 1.807) is 29.2 Å². The Hall–Kier alpha value is -2.61. The van der Waals surface area contributed by atoms with E-state index in [9.17, 15) is 4.79 Å². The van der Waals surface area contributed by atoms with Gasteiger partial charge in [0, 0.05) is 27.0 Å². The predicted molar refractivity (Wildman–Crippen MR) is 131 cm³/mol. The number of carbonyl (C=O) groups excluding carboxylic acids is 1. The summed E-state index contributed by atoms with van der Waals surface area (Å²) in [5.41, 5.74) is 1.83. The fourth-order valence-electron chi connectivity index (χ4n) is 3.22. The lowest BCUT2D eigenvalue weighted by atomic mass is 10.2. The molecular weight excluding hydrogens is 448 g/mol. The first-order valence-electron chi connectivity index (χ1n) is 9.77. The maximum atomic E-state index is 12.7. The Morgan fingerprint density at radius 1 is 1.23 bits per heavy atom. The maximum Gasteiger partial charge on any atom is 0.244 e. The standard InChI is InChI=1S/C23H21ClN4OS2/c1-30-14-12-19(23-27-26-21-7-2-3-13-28(21)23)25-22(29)11-9-18-8-10-20(31-18)16-5-4-6-17(24)15-16/h2-11,13,15,19H,12,14H2,1H3,(H,25,29)/b11-9+.